The van der Waals surface area contributed by atoms with Crippen LogP contribution >= 0.6 is 11.3 Å². The summed E-state index contributed by atoms with van der Waals surface area (Å²) >= 11 is 1.10. The van der Waals surface area contributed by atoms with Crippen molar-refractivity contribution in [1.29, 1.82) is 0 Å². The normalized spacial score (nSPS) is 14.7. The zero-order valence-corrected chi connectivity index (χ0v) is 31.6. The van der Waals surface area contributed by atoms with E-state index in [4.69, 9.17) is 9.47 Å². The third-order valence-electron chi connectivity index (χ3n) is 8.52. The van der Waals surface area contributed by atoms with Gasteiger partial charge in [-0.15, -0.1) is 11.3 Å². The van der Waals surface area contributed by atoms with Crippen molar-refractivity contribution in [2.45, 2.75) is 112 Å². The maximum absolute atomic E-state index is 14.1. The number of nitrogens with zero attached hydrogens (tertiary/aromatic N) is 5. The van der Waals surface area contributed by atoms with Gasteiger partial charge < -0.3 is 24.8 Å². The number of carbonyl (C=O) groups excluding carboxylic acids is 4. The van der Waals surface area contributed by atoms with E-state index in [1.54, 1.807) is 13.8 Å². The van der Waals surface area contributed by atoms with Crippen molar-refractivity contribution in [3.63, 3.8) is 0 Å². The van der Waals surface area contributed by atoms with Gasteiger partial charge in [0.2, 0.25) is 5.91 Å². The van der Waals surface area contributed by atoms with Crippen LogP contribution in [0.1, 0.15) is 108 Å². The van der Waals surface area contributed by atoms with Gasteiger partial charge in [0.25, 0.3) is 5.91 Å². The lowest BCUT2D eigenvalue weighted by Crippen LogP contribution is -2.50. The molecule has 280 valence electrons. The van der Waals surface area contributed by atoms with Crippen molar-refractivity contribution < 1.29 is 38.6 Å². The van der Waals surface area contributed by atoms with Crippen LogP contribution in [0.3, 0.4) is 0 Å². The molecule has 0 radical (unpaired) electrons. The average molecular weight is 729 g/mol. The smallest absolute Gasteiger partial charge is 0.307 e. The highest BCUT2D eigenvalue weighted by atomic mass is 32.1. The number of aromatic nitrogens is 1. The highest BCUT2D eigenvalue weighted by molar-refractivity contribution is 7.09. The zero-order valence-electron chi connectivity index (χ0n) is 30.8. The monoisotopic (exact) mass is 728 g/mol. The maximum atomic E-state index is 14.1. The molecule has 0 aliphatic rings. The molecule has 0 aliphatic heterocycles. The van der Waals surface area contributed by atoms with Gasteiger partial charge in [0.1, 0.15) is 16.7 Å². The number of aliphatic carboxylic acids is 1. The molecule has 2 amide bonds. The number of carboxylic acids is 1. The minimum absolute atomic E-state index is 0.0254. The molecule has 2 rings (SSSR count). The molecule has 0 bridgehead atoms. The number of nitrogens with one attached hydrogen (secondary N) is 1. The number of rotatable bonds is 21. The maximum Gasteiger partial charge on any atom is 0.307 e. The van der Waals surface area contributed by atoms with Gasteiger partial charge in [-0.2, -0.15) is 0 Å². The largest absolute Gasteiger partial charge is 0.481 e. The molecule has 15 heteroatoms. The number of amides is 2. The fraction of sp³-hybridized carbons (Fsp3) is 0.611. The van der Waals surface area contributed by atoms with Crippen LogP contribution in [0, 0.1) is 23.7 Å². The number of esters is 2. The summed E-state index contributed by atoms with van der Waals surface area (Å²) in [6.45, 7) is 13.5. The number of carbonyl (C=O) groups is 5. The van der Waals surface area contributed by atoms with Gasteiger partial charge in [-0.3, -0.25) is 24.0 Å². The van der Waals surface area contributed by atoms with Crippen molar-refractivity contribution in [2.75, 3.05) is 6.73 Å². The summed E-state index contributed by atoms with van der Waals surface area (Å²) in [5.74, 6) is -4.37. The molecular weight excluding hydrogens is 676 g/mol. The minimum Gasteiger partial charge on any atom is -0.481 e. The van der Waals surface area contributed by atoms with Crippen molar-refractivity contribution in [1.82, 2.24) is 15.2 Å². The van der Waals surface area contributed by atoms with E-state index in [0.717, 1.165) is 16.9 Å². The Morgan fingerprint density at radius 1 is 1.06 bits per heavy atom. The zero-order chi connectivity index (χ0) is 38.2. The highest BCUT2D eigenvalue weighted by Crippen LogP contribution is 2.32. The van der Waals surface area contributed by atoms with Gasteiger partial charge in [0.15, 0.2) is 12.8 Å². The van der Waals surface area contributed by atoms with E-state index in [9.17, 15) is 34.6 Å². The molecule has 2 N–H and O–H groups in total. The Balaban J connectivity index is 2.45. The summed E-state index contributed by atoms with van der Waals surface area (Å²) in [5.41, 5.74) is 10.3. The van der Waals surface area contributed by atoms with Crippen LogP contribution < -0.4 is 5.32 Å². The Morgan fingerprint density at radius 2 is 1.73 bits per heavy atom. The van der Waals surface area contributed by atoms with Crippen molar-refractivity contribution >= 4 is 41.1 Å². The lowest BCUT2D eigenvalue weighted by molar-refractivity contribution is -0.159. The van der Waals surface area contributed by atoms with E-state index in [1.165, 1.54) is 17.2 Å². The number of hydrogen-bond donors (Lipinski definition) is 2. The van der Waals surface area contributed by atoms with Crippen molar-refractivity contribution in [3.8, 4) is 0 Å². The van der Waals surface area contributed by atoms with E-state index in [-0.39, 0.29) is 42.7 Å². The molecule has 0 unspecified atom stereocenters. The quantitative estimate of drug-likeness (QED) is 0.0460. The number of hydrogen-bond acceptors (Lipinski definition) is 10. The summed E-state index contributed by atoms with van der Waals surface area (Å²) in [4.78, 5) is 72.9. The van der Waals surface area contributed by atoms with E-state index >= 15 is 0 Å². The first-order valence-corrected chi connectivity index (χ1v) is 18.2. The lowest BCUT2D eigenvalue weighted by atomic mass is 9.93. The Labute approximate surface area is 303 Å². The summed E-state index contributed by atoms with van der Waals surface area (Å²) in [6, 6.07) is 7.16. The SMILES string of the molecule is CC[C@H](C)[C@H](N=[N+]=[N-])C(=O)N(COC(=O)CC(C)C)[C@H](C[C@@H](OC(C)=O)c1nc(C(=O)N[C@@H](Cc2ccccc2)C[C@H](C)C(=O)O)cs1)C(C)C. The number of carboxylic acid groups (broad SMARTS) is 1. The first kappa shape index (κ1) is 42.7. The van der Waals surface area contributed by atoms with E-state index in [2.05, 4.69) is 20.3 Å². The third kappa shape index (κ3) is 14.0. The Bertz CT molecular complexity index is 1510. The first-order chi connectivity index (χ1) is 24.1. The first-order valence-electron chi connectivity index (χ1n) is 17.3. The average Bonchev–Trinajstić information content (AvgIpc) is 3.56. The van der Waals surface area contributed by atoms with Crippen LogP contribution in [-0.4, -0.2) is 69.6 Å². The van der Waals surface area contributed by atoms with Crippen molar-refractivity contribution in [3.05, 3.63) is 62.4 Å². The molecule has 0 fully saturated rings. The topological polar surface area (TPSA) is 201 Å². The predicted octanol–water partition coefficient (Wildman–Crippen LogP) is 6.71. The second-order valence-electron chi connectivity index (χ2n) is 13.6. The summed E-state index contributed by atoms with van der Waals surface area (Å²) in [6.07, 6.45) is 0.336. The highest BCUT2D eigenvalue weighted by Gasteiger charge is 2.37. The second-order valence-corrected chi connectivity index (χ2v) is 14.5. The van der Waals surface area contributed by atoms with Crippen molar-refractivity contribution in [2.24, 2.45) is 28.8 Å². The van der Waals surface area contributed by atoms with Crippen LogP contribution in [0.25, 0.3) is 10.4 Å². The molecule has 0 aliphatic carbocycles. The summed E-state index contributed by atoms with van der Waals surface area (Å²) in [7, 11) is 0. The fourth-order valence-electron chi connectivity index (χ4n) is 5.51. The summed E-state index contributed by atoms with van der Waals surface area (Å²) < 4.78 is 11.3. The fourth-order valence-corrected chi connectivity index (χ4v) is 6.35. The number of benzene rings is 1. The molecule has 0 spiro atoms. The van der Waals surface area contributed by atoms with Crippen LogP contribution in [0.2, 0.25) is 0 Å². The van der Waals surface area contributed by atoms with E-state index in [0.29, 0.717) is 17.8 Å². The van der Waals surface area contributed by atoms with Crippen LogP contribution in [-0.2, 0) is 35.1 Å². The van der Waals surface area contributed by atoms with E-state index in [1.807, 2.05) is 65.0 Å². The molecule has 2 aromatic rings. The predicted molar refractivity (Wildman–Crippen MR) is 192 cm³/mol. The Hall–Kier alpha value is -4.49. The standard InChI is InChI=1S/C36H52N6O8S/c1-9-23(6)32(40-41-37)35(46)42(20-49-31(44)15-21(2)3)29(22(4)5)18-30(50-25(8)43)34-39-28(19-51-34)33(45)38-27(16-24(7)36(47)48)17-26-13-11-10-12-14-26/h10-14,19,21-24,27,29-30,32H,9,15-18,20H2,1-8H3,(H,38,45)(H,47,48)/t23-,24-,27+,29+,30+,32-/m0/s1. The Morgan fingerprint density at radius 3 is 2.27 bits per heavy atom. The van der Waals surface area contributed by atoms with Crippen LogP contribution in [0.4, 0.5) is 0 Å². The lowest BCUT2D eigenvalue weighted by Gasteiger charge is -2.37. The molecule has 1 heterocycles. The van der Waals surface area contributed by atoms with Gasteiger partial charge in [0, 0.05) is 42.1 Å². The molecule has 6 atom stereocenters. The van der Waals surface area contributed by atoms with Gasteiger partial charge in [-0.05, 0) is 41.7 Å². The molecule has 1 aromatic carbocycles. The second kappa shape index (κ2) is 21.0. The van der Waals surface area contributed by atoms with Gasteiger partial charge in [0.05, 0.1) is 5.92 Å². The molecule has 51 heavy (non-hydrogen) atoms. The van der Waals surface area contributed by atoms with E-state index < -0.39 is 66.6 Å². The molecule has 14 nitrogen and oxygen atoms in total. The number of ether oxygens (including phenoxy) is 2. The number of azide groups is 1. The summed E-state index contributed by atoms with van der Waals surface area (Å²) in [5, 5.41) is 18.1. The van der Waals surface area contributed by atoms with Gasteiger partial charge in [-0.1, -0.05) is 90.3 Å². The Kier molecular flexibility index (Phi) is 17.6. The van der Waals surface area contributed by atoms with Crippen LogP contribution in [0.5, 0.6) is 0 Å². The van der Waals surface area contributed by atoms with Gasteiger partial charge >= 0.3 is 17.9 Å². The molecular formula is C36H52N6O8S. The third-order valence-corrected chi connectivity index (χ3v) is 9.45. The van der Waals surface area contributed by atoms with Gasteiger partial charge in [-0.25, -0.2) is 4.98 Å². The number of thiazole rings is 1. The molecule has 0 saturated carbocycles. The van der Waals surface area contributed by atoms with Crippen LogP contribution in [0.15, 0.2) is 40.8 Å². The minimum atomic E-state index is -1.07. The molecule has 1 aromatic heterocycles. The molecule has 0 saturated heterocycles.